The minimum Gasteiger partial charge on any atom is -0.478 e. The number of nitrogens with one attached hydrogen (secondary N) is 1. The molecule has 202 valence electrons. The van der Waals surface area contributed by atoms with Crippen molar-refractivity contribution in [2.75, 3.05) is 0 Å². The van der Waals surface area contributed by atoms with Gasteiger partial charge in [0, 0.05) is 23.7 Å². The average molecular weight is 544 g/mol. The van der Waals surface area contributed by atoms with E-state index in [1.54, 1.807) is 47.2 Å². The average Bonchev–Trinajstić information content (AvgIpc) is 3.39. The first-order chi connectivity index (χ1) is 19.9. The van der Waals surface area contributed by atoms with Gasteiger partial charge in [-0.25, -0.2) is 13.7 Å². The van der Waals surface area contributed by atoms with Crippen LogP contribution in [0.3, 0.4) is 0 Å². The number of hydrogen-bond acceptors (Lipinski definition) is 3. The SMILES string of the molecule is C[C@H](NC(=O)c1cc(-c2cccc(F)c2)cn2ncc(Cc3ccc4ccccc4c3)c12)c1ccc(C(=O)O)cc1. The van der Waals surface area contributed by atoms with Gasteiger partial charge in [-0.2, -0.15) is 5.10 Å². The number of nitrogens with zero attached hydrogens (tertiary/aromatic N) is 2. The van der Waals surface area contributed by atoms with Gasteiger partial charge in [0.15, 0.2) is 0 Å². The Bertz CT molecular complexity index is 1930. The first kappa shape index (κ1) is 26.0. The number of carboxylic acids is 1. The molecule has 0 unspecified atom stereocenters. The molecule has 0 bridgehead atoms. The normalized spacial score (nSPS) is 12.0. The Hall–Kier alpha value is -5.30. The zero-order chi connectivity index (χ0) is 28.5. The van der Waals surface area contributed by atoms with E-state index in [0.717, 1.165) is 27.5 Å². The van der Waals surface area contributed by atoms with Gasteiger partial charge in [-0.3, -0.25) is 4.79 Å². The van der Waals surface area contributed by atoms with Crippen molar-refractivity contribution in [2.45, 2.75) is 19.4 Å². The summed E-state index contributed by atoms with van der Waals surface area (Å²) in [5.41, 5.74) is 5.28. The molecule has 0 aliphatic carbocycles. The minimum atomic E-state index is -1.01. The van der Waals surface area contributed by atoms with Crippen molar-refractivity contribution in [3.8, 4) is 11.1 Å². The Kier molecular flexibility index (Phi) is 6.77. The zero-order valence-electron chi connectivity index (χ0n) is 22.2. The third kappa shape index (κ3) is 5.30. The van der Waals surface area contributed by atoms with E-state index in [-0.39, 0.29) is 17.3 Å². The van der Waals surface area contributed by atoms with Crippen LogP contribution in [0.15, 0.2) is 109 Å². The van der Waals surface area contributed by atoms with Gasteiger partial charge in [-0.05, 0) is 64.7 Å². The maximum Gasteiger partial charge on any atom is 0.335 e. The van der Waals surface area contributed by atoms with Crippen molar-refractivity contribution in [2.24, 2.45) is 0 Å². The monoisotopic (exact) mass is 543 g/mol. The third-order valence-corrected chi connectivity index (χ3v) is 7.30. The Morgan fingerprint density at radius 3 is 2.44 bits per heavy atom. The number of aromatic nitrogens is 2. The fourth-order valence-corrected chi connectivity index (χ4v) is 5.15. The van der Waals surface area contributed by atoms with Crippen LogP contribution in [0, 0.1) is 5.82 Å². The molecule has 0 aliphatic rings. The fraction of sp³-hybridized carbons (Fsp3) is 0.0882. The van der Waals surface area contributed by atoms with Crippen molar-refractivity contribution in [1.29, 1.82) is 0 Å². The summed E-state index contributed by atoms with van der Waals surface area (Å²) < 4.78 is 15.8. The molecular formula is C34H26FN3O3. The maximum atomic E-state index is 14.1. The van der Waals surface area contributed by atoms with Crippen LogP contribution in [0.4, 0.5) is 4.39 Å². The first-order valence-electron chi connectivity index (χ1n) is 13.2. The van der Waals surface area contributed by atoms with Crippen LogP contribution in [-0.4, -0.2) is 26.6 Å². The molecule has 0 radical (unpaired) electrons. The third-order valence-electron chi connectivity index (χ3n) is 7.30. The van der Waals surface area contributed by atoms with Crippen molar-refractivity contribution in [3.05, 3.63) is 143 Å². The lowest BCUT2D eigenvalue weighted by molar-refractivity contribution is 0.0696. The summed E-state index contributed by atoms with van der Waals surface area (Å²) in [6.07, 6.45) is 4.14. The Morgan fingerprint density at radius 1 is 0.902 bits per heavy atom. The highest BCUT2D eigenvalue weighted by Crippen LogP contribution is 2.28. The number of carboxylic acid groups (broad SMARTS) is 1. The van der Waals surface area contributed by atoms with Crippen LogP contribution >= 0.6 is 0 Å². The number of rotatable bonds is 7. The second-order valence-electron chi connectivity index (χ2n) is 10.1. The number of fused-ring (bicyclic) bond motifs is 2. The molecule has 0 saturated heterocycles. The van der Waals surface area contributed by atoms with Gasteiger partial charge in [-0.15, -0.1) is 0 Å². The highest BCUT2D eigenvalue weighted by Gasteiger charge is 2.20. The number of halogens is 1. The number of pyridine rings is 1. The number of aromatic carboxylic acids is 1. The second-order valence-corrected chi connectivity index (χ2v) is 10.1. The molecule has 2 aromatic heterocycles. The smallest absolute Gasteiger partial charge is 0.335 e. The molecule has 2 heterocycles. The molecule has 1 amide bonds. The van der Waals surface area contributed by atoms with Gasteiger partial charge in [0.1, 0.15) is 5.82 Å². The largest absolute Gasteiger partial charge is 0.478 e. The van der Waals surface area contributed by atoms with Crippen LogP contribution in [0.1, 0.15) is 50.4 Å². The molecule has 41 heavy (non-hydrogen) atoms. The van der Waals surface area contributed by atoms with Crippen molar-refractivity contribution in [1.82, 2.24) is 14.9 Å². The van der Waals surface area contributed by atoms with E-state index in [0.29, 0.717) is 28.6 Å². The van der Waals surface area contributed by atoms with E-state index in [1.165, 1.54) is 24.3 Å². The van der Waals surface area contributed by atoms with Gasteiger partial charge in [0.25, 0.3) is 5.91 Å². The van der Waals surface area contributed by atoms with Gasteiger partial charge in [0.05, 0.1) is 28.9 Å². The standard InChI is InChI=1S/C34H26FN3O3/c1-21(23-11-13-25(14-12-23)34(40)41)37-33(39)31-18-29(27-7-4-8-30(35)17-27)20-38-32(31)28(19-36-38)16-22-9-10-24-5-2-3-6-26(24)15-22/h2-15,17-21H,16H2,1H3,(H,37,39)(H,40,41)/t21-/m0/s1. The second kappa shape index (κ2) is 10.7. The molecule has 1 atom stereocenters. The highest BCUT2D eigenvalue weighted by atomic mass is 19.1. The number of carbonyl (C=O) groups excluding carboxylic acids is 1. The molecular weight excluding hydrogens is 517 g/mol. The molecule has 4 aromatic carbocycles. The van der Waals surface area contributed by atoms with Gasteiger partial charge < -0.3 is 10.4 Å². The molecule has 2 N–H and O–H groups in total. The van der Waals surface area contributed by atoms with E-state index in [1.807, 2.05) is 19.1 Å². The predicted molar refractivity (Wildman–Crippen MR) is 157 cm³/mol. The quantitative estimate of drug-likeness (QED) is 0.226. The van der Waals surface area contributed by atoms with Gasteiger partial charge >= 0.3 is 5.97 Å². The number of hydrogen-bond donors (Lipinski definition) is 2. The lowest BCUT2D eigenvalue weighted by Gasteiger charge is -2.16. The van der Waals surface area contributed by atoms with Crippen LogP contribution < -0.4 is 5.32 Å². The van der Waals surface area contributed by atoms with Crippen LogP contribution in [0.5, 0.6) is 0 Å². The Balaban J connectivity index is 1.40. The number of amides is 1. The number of carbonyl (C=O) groups is 2. The fourth-order valence-electron chi connectivity index (χ4n) is 5.15. The van der Waals surface area contributed by atoms with Crippen molar-refractivity contribution in [3.63, 3.8) is 0 Å². The van der Waals surface area contributed by atoms with Crippen molar-refractivity contribution < 1.29 is 19.1 Å². The molecule has 6 rings (SSSR count). The molecule has 0 fully saturated rings. The Morgan fingerprint density at radius 2 is 1.68 bits per heavy atom. The number of benzene rings is 4. The first-order valence-corrected chi connectivity index (χ1v) is 13.2. The van der Waals surface area contributed by atoms with E-state index >= 15 is 0 Å². The van der Waals surface area contributed by atoms with Crippen LogP contribution in [0.25, 0.3) is 27.4 Å². The summed E-state index contributed by atoms with van der Waals surface area (Å²) in [7, 11) is 0. The predicted octanol–water partition coefficient (Wildman–Crippen LogP) is 7.07. The van der Waals surface area contributed by atoms with Gasteiger partial charge in [0.2, 0.25) is 0 Å². The lowest BCUT2D eigenvalue weighted by atomic mass is 9.98. The molecule has 0 aliphatic heterocycles. The topological polar surface area (TPSA) is 83.7 Å². The highest BCUT2D eigenvalue weighted by molar-refractivity contribution is 6.03. The summed E-state index contributed by atoms with van der Waals surface area (Å²) in [4.78, 5) is 25.1. The summed E-state index contributed by atoms with van der Waals surface area (Å²) in [5.74, 6) is -1.70. The van der Waals surface area contributed by atoms with E-state index < -0.39 is 12.0 Å². The summed E-state index contributed by atoms with van der Waals surface area (Å²) in [5, 5.41) is 19.1. The van der Waals surface area contributed by atoms with Crippen molar-refractivity contribution >= 4 is 28.2 Å². The van der Waals surface area contributed by atoms with E-state index in [9.17, 15) is 19.1 Å². The molecule has 7 heteroatoms. The molecule has 6 nitrogen and oxygen atoms in total. The maximum absolute atomic E-state index is 14.1. The van der Waals surface area contributed by atoms with E-state index in [2.05, 4.69) is 40.7 Å². The zero-order valence-corrected chi connectivity index (χ0v) is 22.2. The summed E-state index contributed by atoms with van der Waals surface area (Å²) >= 11 is 0. The van der Waals surface area contributed by atoms with Gasteiger partial charge in [-0.1, -0.05) is 66.7 Å². The summed E-state index contributed by atoms with van der Waals surface area (Å²) in [6.45, 7) is 1.84. The van der Waals surface area contributed by atoms with Crippen LogP contribution in [0.2, 0.25) is 0 Å². The molecule has 0 spiro atoms. The molecule has 0 saturated carbocycles. The Labute approximate surface area is 235 Å². The van der Waals surface area contributed by atoms with Crippen LogP contribution in [-0.2, 0) is 6.42 Å². The molecule has 6 aromatic rings. The van der Waals surface area contributed by atoms with E-state index in [4.69, 9.17) is 0 Å². The minimum absolute atomic E-state index is 0.175. The summed E-state index contributed by atoms with van der Waals surface area (Å²) in [6, 6.07) is 28.5. The lowest BCUT2D eigenvalue weighted by Crippen LogP contribution is -2.27.